The molecule has 7 nitrogen and oxygen atoms in total. The van der Waals surface area contributed by atoms with Gasteiger partial charge in [-0.15, -0.1) is 0 Å². The molecule has 0 saturated carbocycles. The molecule has 1 aliphatic heterocycles. The van der Waals surface area contributed by atoms with E-state index in [1.165, 1.54) is 29.4 Å². The Morgan fingerprint density at radius 3 is 2.90 bits per heavy atom. The maximum absolute atomic E-state index is 12.1. The van der Waals surface area contributed by atoms with Crippen LogP contribution in [0.5, 0.6) is 0 Å². The molecule has 0 radical (unpaired) electrons. The second-order valence-electron chi connectivity index (χ2n) is 4.70. The van der Waals surface area contributed by atoms with Crippen molar-refractivity contribution in [1.29, 1.82) is 0 Å². The number of hydrogen-bond acceptors (Lipinski definition) is 5. The van der Waals surface area contributed by atoms with E-state index in [1.54, 1.807) is 6.92 Å². The van der Waals surface area contributed by atoms with E-state index in [0.29, 0.717) is 11.7 Å². The summed E-state index contributed by atoms with van der Waals surface area (Å²) >= 11 is 1.45. The summed E-state index contributed by atoms with van der Waals surface area (Å²) in [6.07, 6.45) is 1.42. The molecular formula is C12H15N3O4S. The fourth-order valence-electron chi connectivity index (χ4n) is 1.78. The lowest BCUT2D eigenvalue weighted by molar-refractivity contribution is -0.143. The first kappa shape index (κ1) is 14.6. The summed E-state index contributed by atoms with van der Waals surface area (Å²) in [6.45, 7) is 3.57. The normalized spacial score (nSPS) is 16.3. The first-order chi connectivity index (χ1) is 9.39. The van der Waals surface area contributed by atoms with Crippen LogP contribution in [0.1, 0.15) is 30.6 Å². The number of nitrogens with one attached hydrogen (secondary N) is 1. The molecule has 8 heteroatoms. The molecule has 0 aromatic carbocycles. The third kappa shape index (κ3) is 2.43. The van der Waals surface area contributed by atoms with Gasteiger partial charge in [0.25, 0.3) is 11.5 Å². The topological polar surface area (TPSA) is 101 Å². The highest BCUT2D eigenvalue weighted by Gasteiger charge is 2.34. The Morgan fingerprint density at radius 1 is 1.60 bits per heavy atom. The number of nitrogens with zero attached hydrogens (tertiary/aromatic N) is 2. The van der Waals surface area contributed by atoms with Crippen LogP contribution in [0, 0.1) is 0 Å². The molecule has 2 N–H and O–H groups in total. The number of fused-ring (bicyclic) bond motifs is 1. The molecular weight excluding hydrogens is 282 g/mol. The summed E-state index contributed by atoms with van der Waals surface area (Å²) in [5.41, 5.74) is -1.96. The molecule has 0 saturated heterocycles. The van der Waals surface area contributed by atoms with Gasteiger partial charge in [-0.25, -0.2) is 9.78 Å². The second kappa shape index (κ2) is 5.28. The monoisotopic (exact) mass is 297 g/mol. The van der Waals surface area contributed by atoms with Gasteiger partial charge in [0, 0.05) is 18.5 Å². The fourth-order valence-corrected chi connectivity index (χ4v) is 2.70. The first-order valence-corrected chi connectivity index (χ1v) is 7.16. The smallest absolute Gasteiger partial charge is 0.329 e. The van der Waals surface area contributed by atoms with Crippen molar-refractivity contribution in [1.82, 2.24) is 14.9 Å². The van der Waals surface area contributed by atoms with Crippen molar-refractivity contribution < 1.29 is 14.7 Å². The van der Waals surface area contributed by atoms with Crippen LogP contribution in [0.3, 0.4) is 0 Å². The van der Waals surface area contributed by atoms with Crippen LogP contribution in [-0.4, -0.2) is 37.8 Å². The highest BCUT2D eigenvalue weighted by Crippen LogP contribution is 2.20. The minimum atomic E-state index is -1.40. The molecule has 0 aliphatic carbocycles. The van der Waals surface area contributed by atoms with Gasteiger partial charge in [0.1, 0.15) is 11.1 Å². The average Bonchev–Trinajstić information content (AvgIpc) is 2.87. The Labute approximate surface area is 119 Å². The zero-order chi connectivity index (χ0) is 14.9. The quantitative estimate of drug-likeness (QED) is 0.777. The average molecular weight is 297 g/mol. The number of thioether (sulfide) groups is 1. The van der Waals surface area contributed by atoms with Gasteiger partial charge in [-0.1, -0.05) is 18.7 Å². The third-order valence-corrected chi connectivity index (χ3v) is 4.34. The van der Waals surface area contributed by atoms with Crippen LogP contribution in [-0.2, 0) is 11.3 Å². The summed E-state index contributed by atoms with van der Waals surface area (Å²) in [7, 11) is 0. The molecule has 1 unspecified atom stereocenters. The van der Waals surface area contributed by atoms with Crippen molar-refractivity contribution in [3.63, 3.8) is 0 Å². The van der Waals surface area contributed by atoms with Crippen LogP contribution in [0.15, 0.2) is 16.1 Å². The number of carbonyl (C=O) groups excluding carboxylic acids is 1. The number of carboxylic acids is 1. The van der Waals surface area contributed by atoms with Gasteiger partial charge in [0.05, 0.1) is 0 Å². The van der Waals surface area contributed by atoms with E-state index in [1.807, 2.05) is 0 Å². The summed E-state index contributed by atoms with van der Waals surface area (Å²) < 4.78 is 1.43. The van der Waals surface area contributed by atoms with E-state index < -0.39 is 23.0 Å². The Kier molecular flexibility index (Phi) is 3.85. The molecule has 2 heterocycles. The Hall–Kier alpha value is -1.83. The number of carbonyl (C=O) groups is 2. The molecule has 1 aromatic heterocycles. The molecule has 0 spiro atoms. The predicted molar refractivity (Wildman–Crippen MR) is 73.0 cm³/mol. The van der Waals surface area contributed by atoms with Crippen molar-refractivity contribution in [2.24, 2.45) is 0 Å². The Morgan fingerprint density at radius 2 is 2.30 bits per heavy atom. The van der Waals surface area contributed by atoms with Gasteiger partial charge in [0.2, 0.25) is 0 Å². The molecule has 2 rings (SSSR count). The number of hydrogen-bond donors (Lipinski definition) is 2. The third-order valence-electron chi connectivity index (χ3n) is 3.37. The standard InChI is InChI=1S/C12H15N3O4S/c1-3-12(2,10(18)19)14-8(16)7-6-13-11-15(9(7)17)4-5-20-11/h6H,3-5H2,1-2H3,(H,14,16)(H,18,19). The molecule has 0 bridgehead atoms. The fraction of sp³-hybridized carbons (Fsp3) is 0.500. The maximum Gasteiger partial charge on any atom is 0.329 e. The molecule has 0 fully saturated rings. The number of carboxylic acid groups (broad SMARTS) is 1. The molecule has 1 aromatic rings. The Balaban J connectivity index is 2.31. The predicted octanol–water partition coefficient (Wildman–Crippen LogP) is 0.332. The van der Waals surface area contributed by atoms with Gasteiger partial charge in [-0.3, -0.25) is 14.2 Å². The molecule has 20 heavy (non-hydrogen) atoms. The summed E-state index contributed by atoms with van der Waals surface area (Å²) in [5.74, 6) is -1.10. The van der Waals surface area contributed by atoms with Gasteiger partial charge in [-0.05, 0) is 13.3 Å². The lowest BCUT2D eigenvalue weighted by atomic mass is 9.99. The first-order valence-electron chi connectivity index (χ1n) is 6.17. The van der Waals surface area contributed by atoms with Crippen LogP contribution >= 0.6 is 11.8 Å². The lowest BCUT2D eigenvalue weighted by Gasteiger charge is -2.24. The number of rotatable bonds is 4. The van der Waals surface area contributed by atoms with Gasteiger partial charge < -0.3 is 10.4 Å². The van der Waals surface area contributed by atoms with E-state index in [0.717, 1.165) is 5.75 Å². The number of aromatic nitrogens is 2. The number of aliphatic carboxylic acids is 1. The van der Waals surface area contributed by atoms with Crippen LogP contribution in [0.4, 0.5) is 0 Å². The van der Waals surface area contributed by atoms with Crippen molar-refractivity contribution in [3.05, 3.63) is 22.1 Å². The minimum Gasteiger partial charge on any atom is -0.480 e. The molecule has 1 amide bonds. The number of amides is 1. The summed E-state index contributed by atoms with van der Waals surface area (Å²) in [4.78, 5) is 39.5. The van der Waals surface area contributed by atoms with E-state index >= 15 is 0 Å². The van der Waals surface area contributed by atoms with Crippen LogP contribution in [0.2, 0.25) is 0 Å². The molecule has 108 valence electrons. The summed E-state index contributed by atoms with van der Waals surface area (Å²) in [6, 6.07) is 0. The maximum atomic E-state index is 12.1. The second-order valence-corrected chi connectivity index (χ2v) is 5.77. The molecule has 1 atom stereocenters. The Bertz CT molecular complexity index is 628. The summed E-state index contributed by atoms with van der Waals surface area (Å²) in [5, 5.41) is 12.1. The van der Waals surface area contributed by atoms with Crippen molar-refractivity contribution >= 4 is 23.6 Å². The van der Waals surface area contributed by atoms with E-state index in [9.17, 15) is 14.4 Å². The van der Waals surface area contributed by atoms with Crippen LogP contribution in [0.25, 0.3) is 0 Å². The van der Waals surface area contributed by atoms with Gasteiger partial charge >= 0.3 is 5.97 Å². The highest BCUT2D eigenvalue weighted by molar-refractivity contribution is 7.99. The van der Waals surface area contributed by atoms with Gasteiger partial charge in [-0.2, -0.15) is 0 Å². The van der Waals surface area contributed by atoms with Crippen molar-refractivity contribution in [3.8, 4) is 0 Å². The lowest BCUT2D eigenvalue weighted by Crippen LogP contribution is -2.52. The largest absolute Gasteiger partial charge is 0.480 e. The van der Waals surface area contributed by atoms with Crippen molar-refractivity contribution in [2.75, 3.05) is 5.75 Å². The zero-order valence-electron chi connectivity index (χ0n) is 11.2. The molecule has 1 aliphatic rings. The minimum absolute atomic E-state index is 0.128. The van der Waals surface area contributed by atoms with Crippen LogP contribution < -0.4 is 10.9 Å². The van der Waals surface area contributed by atoms with Gasteiger partial charge in [0.15, 0.2) is 5.16 Å². The zero-order valence-corrected chi connectivity index (χ0v) is 12.0. The SMILES string of the molecule is CCC(C)(NC(=O)c1cnc2n(c1=O)CCS2)C(=O)O. The van der Waals surface area contributed by atoms with Crippen molar-refractivity contribution in [2.45, 2.75) is 37.5 Å². The van der Waals surface area contributed by atoms with E-state index in [4.69, 9.17) is 5.11 Å². The van der Waals surface area contributed by atoms with E-state index in [-0.39, 0.29) is 12.0 Å². The van der Waals surface area contributed by atoms with E-state index in [2.05, 4.69) is 10.3 Å². The highest BCUT2D eigenvalue weighted by atomic mass is 32.2.